The van der Waals surface area contributed by atoms with E-state index in [9.17, 15) is 9.59 Å². The number of amides is 1. The molecule has 138 valence electrons. The van der Waals surface area contributed by atoms with Crippen LogP contribution in [-0.2, 0) is 16.8 Å². The number of Topliss-reactive ketones (excluding diaryl/α,β-unsaturated/α-hetero) is 1. The Bertz CT molecular complexity index is 762. The van der Waals surface area contributed by atoms with E-state index >= 15 is 0 Å². The van der Waals surface area contributed by atoms with E-state index in [0.29, 0.717) is 24.7 Å². The van der Waals surface area contributed by atoms with Gasteiger partial charge in [-0.1, -0.05) is 30.3 Å². The lowest BCUT2D eigenvalue weighted by Gasteiger charge is -2.40. The molecule has 1 aromatic carbocycles. The smallest absolute Gasteiger partial charge is 0.273 e. The number of rotatable bonds is 6. The molecule has 1 N–H and O–H groups in total. The van der Waals surface area contributed by atoms with Crippen LogP contribution >= 0.6 is 0 Å². The zero-order valence-corrected chi connectivity index (χ0v) is 15.3. The molecule has 0 aliphatic carbocycles. The molecule has 3 rings (SSSR count). The highest BCUT2D eigenvalue weighted by Crippen LogP contribution is 2.36. The first-order valence-electron chi connectivity index (χ1n) is 9.06. The maximum absolute atomic E-state index is 12.4. The van der Waals surface area contributed by atoms with Crippen molar-refractivity contribution in [2.24, 2.45) is 0 Å². The largest absolute Gasteiger partial charge is 0.447 e. The topological polar surface area (TPSA) is 75.4 Å². The van der Waals surface area contributed by atoms with Crippen LogP contribution in [0.4, 0.5) is 0 Å². The summed E-state index contributed by atoms with van der Waals surface area (Å²) in [5.74, 6) is 0.528. The summed E-state index contributed by atoms with van der Waals surface area (Å²) in [6, 6.07) is 10.0. The Hall–Kier alpha value is -2.47. The van der Waals surface area contributed by atoms with Crippen LogP contribution in [0.1, 0.15) is 48.6 Å². The average molecular weight is 355 g/mol. The molecule has 2 heterocycles. The number of benzene rings is 1. The van der Waals surface area contributed by atoms with Crippen molar-refractivity contribution in [2.45, 2.75) is 38.6 Å². The summed E-state index contributed by atoms with van der Waals surface area (Å²) in [6.07, 6.45) is 2.95. The summed E-state index contributed by atoms with van der Waals surface area (Å²) in [5, 5.41) is 2.71. The molecule has 6 nitrogen and oxygen atoms in total. The summed E-state index contributed by atoms with van der Waals surface area (Å²) < 4.78 is 5.44. The Morgan fingerprint density at radius 2 is 1.92 bits per heavy atom. The van der Waals surface area contributed by atoms with Gasteiger partial charge in [-0.05, 0) is 45.3 Å². The van der Waals surface area contributed by atoms with Crippen molar-refractivity contribution in [3.63, 3.8) is 0 Å². The summed E-state index contributed by atoms with van der Waals surface area (Å²) in [7, 11) is 0. The van der Waals surface area contributed by atoms with Gasteiger partial charge in [0.1, 0.15) is 12.0 Å². The van der Waals surface area contributed by atoms with Crippen molar-refractivity contribution in [1.29, 1.82) is 0 Å². The molecule has 26 heavy (non-hydrogen) atoms. The normalized spacial score (nSPS) is 17.0. The molecule has 0 bridgehead atoms. The Morgan fingerprint density at radius 3 is 2.54 bits per heavy atom. The number of piperidine rings is 1. The van der Waals surface area contributed by atoms with Crippen LogP contribution in [0.15, 0.2) is 41.0 Å². The summed E-state index contributed by atoms with van der Waals surface area (Å²) in [4.78, 5) is 30.7. The number of hydrogen-bond donors (Lipinski definition) is 1. The van der Waals surface area contributed by atoms with E-state index in [0.717, 1.165) is 31.5 Å². The van der Waals surface area contributed by atoms with Gasteiger partial charge in [0, 0.05) is 6.54 Å². The lowest BCUT2D eigenvalue weighted by atomic mass is 9.70. The molecule has 1 fully saturated rings. The van der Waals surface area contributed by atoms with Gasteiger partial charge in [-0.2, -0.15) is 0 Å². The van der Waals surface area contributed by atoms with E-state index in [2.05, 4.69) is 15.2 Å². The second-order valence-electron chi connectivity index (χ2n) is 6.77. The van der Waals surface area contributed by atoms with Crippen LogP contribution in [0.25, 0.3) is 0 Å². The van der Waals surface area contributed by atoms with Crippen molar-refractivity contribution in [2.75, 3.05) is 19.6 Å². The fourth-order valence-electron chi connectivity index (χ4n) is 3.62. The second-order valence-corrected chi connectivity index (χ2v) is 6.77. The number of aromatic nitrogens is 1. The number of carbonyl (C=O) groups is 2. The minimum Gasteiger partial charge on any atom is -0.447 e. The van der Waals surface area contributed by atoms with Crippen molar-refractivity contribution in [3.05, 3.63) is 53.7 Å². The van der Waals surface area contributed by atoms with Crippen LogP contribution in [-0.4, -0.2) is 41.2 Å². The third kappa shape index (κ3) is 3.70. The zero-order valence-electron chi connectivity index (χ0n) is 15.3. The molecular formula is C20H25N3O3. The molecule has 0 radical (unpaired) electrons. The molecule has 1 aliphatic rings. The Balaban J connectivity index is 1.65. The van der Waals surface area contributed by atoms with Crippen molar-refractivity contribution in [3.8, 4) is 0 Å². The third-order valence-electron chi connectivity index (χ3n) is 5.19. The fourth-order valence-corrected chi connectivity index (χ4v) is 3.62. The first-order valence-corrected chi connectivity index (χ1v) is 9.06. The van der Waals surface area contributed by atoms with Crippen LogP contribution in [0.5, 0.6) is 0 Å². The number of nitrogens with zero attached hydrogens (tertiary/aromatic N) is 2. The van der Waals surface area contributed by atoms with Gasteiger partial charge in [-0.3, -0.25) is 14.5 Å². The van der Waals surface area contributed by atoms with Gasteiger partial charge >= 0.3 is 0 Å². The van der Waals surface area contributed by atoms with Gasteiger partial charge in [0.25, 0.3) is 5.91 Å². The summed E-state index contributed by atoms with van der Waals surface area (Å²) in [5.41, 5.74) is 1.00. The first kappa shape index (κ1) is 18.3. The van der Waals surface area contributed by atoms with Gasteiger partial charge in [0.2, 0.25) is 5.89 Å². The quantitative estimate of drug-likeness (QED) is 0.862. The molecule has 0 unspecified atom stereocenters. The fraction of sp³-hybridized carbons (Fsp3) is 0.450. The maximum atomic E-state index is 12.4. The van der Waals surface area contributed by atoms with Crippen LogP contribution in [0.2, 0.25) is 0 Å². The molecule has 0 atom stereocenters. The highest BCUT2D eigenvalue weighted by molar-refractivity contribution is 5.91. The molecule has 1 aliphatic heterocycles. The Kier molecular flexibility index (Phi) is 5.52. The van der Waals surface area contributed by atoms with E-state index in [-0.39, 0.29) is 11.7 Å². The molecule has 1 aromatic heterocycles. The predicted octanol–water partition coefficient (Wildman–Crippen LogP) is 2.55. The van der Waals surface area contributed by atoms with Gasteiger partial charge in [0.05, 0.1) is 12.0 Å². The van der Waals surface area contributed by atoms with Gasteiger partial charge in [0.15, 0.2) is 5.69 Å². The SMILES string of the molecule is CCNC(=O)c1coc(CN2CCC(C(C)=O)(c3ccccc3)CC2)n1. The standard InChI is InChI=1S/C20H25N3O3/c1-3-21-19(25)17-14-26-18(22-17)13-23-11-9-20(10-12-23,15(2)24)16-7-5-4-6-8-16/h4-8,14H,3,9-13H2,1-2H3,(H,21,25). The number of oxazole rings is 1. The average Bonchev–Trinajstić information content (AvgIpc) is 3.12. The van der Waals surface area contributed by atoms with Crippen LogP contribution < -0.4 is 5.32 Å². The van der Waals surface area contributed by atoms with Gasteiger partial charge < -0.3 is 9.73 Å². The lowest BCUT2D eigenvalue weighted by molar-refractivity contribution is -0.124. The molecule has 2 aromatic rings. The Labute approximate surface area is 153 Å². The molecule has 6 heteroatoms. The van der Waals surface area contributed by atoms with Crippen molar-refractivity contribution >= 4 is 11.7 Å². The van der Waals surface area contributed by atoms with Gasteiger partial charge in [-0.15, -0.1) is 0 Å². The number of ketones is 1. The molecular weight excluding hydrogens is 330 g/mol. The van der Waals surface area contributed by atoms with E-state index in [1.807, 2.05) is 37.3 Å². The van der Waals surface area contributed by atoms with E-state index < -0.39 is 5.41 Å². The van der Waals surface area contributed by atoms with E-state index in [1.165, 1.54) is 6.26 Å². The maximum Gasteiger partial charge on any atom is 0.273 e. The summed E-state index contributed by atoms with van der Waals surface area (Å²) in [6.45, 7) is 6.22. The predicted molar refractivity (Wildman–Crippen MR) is 97.8 cm³/mol. The number of nitrogens with one attached hydrogen (secondary N) is 1. The number of hydrogen-bond acceptors (Lipinski definition) is 5. The zero-order chi connectivity index (χ0) is 18.6. The first-order chi connectivity index (χ1) is 12.5. The summed E-state index contributed by atoms with van der Waals surface area (Å²) >= 11 is 0. The minimum atomic E-state index is -0.402. The van der Waals surface area contributed by atoms with Crippen LogP contribution in [0.3, 0.4) is 0 Å². The van der Waals surface area contributed by atoms with Crippen LogP contribution in [0, 0.1) is 0 Å². The highest BCUT2D eigenvalue weighted by atomic mass is 16.3. The van der Waals surface area contributed by atoms with Gasteiger partial charge in [-0.25, -0.2) is 4.98 Å². The van der Waals surface area contributed by atoms with E-state index in [4.69, 9.17) is 4.42 Å². The number of carbonyl (C=O) groups excluding carboxylic acids is 2. The molecule has 0 spiro atoms. The molecule has 1 saturated heterocycles. The molecule has 0 saturated carbocycles. The van der Waals surface area contributed by atoms with Crippen molar-refractivity contribution in [1.82, 2.24) is 15.2 Å². The monoisotopic (exact) mass is 355 g/mol. The second kappa shape index (κ2) is 7.83. The lowest BCUT2D eigenvalue weighted by Crippen LogP contribution is -2.46. The Morgan fingerprint density at radius 1 is 1.23 bits per heavy atom. The van der Waals surface area contributed by atoms with E-state index in [1.54, 1.807) is 6.92 Å². The van der Waals surface area contributed by atoms with Crippen molar-refractivity contribution < 1.29 is 14.0 Å². The minimum absolute atomic E-state index is 0.220. The highest BCUT2D eigenvalue weighted by Gasteiger charge is 2.40. The third-order valence-corrected chi connectivity index (χ3v) is 5.19. The number of likely N-dealkylation sites (tertiary alicyclic amines) is 1. The molecule has 1 amide bonds.